The molecule has 0 aliphatic heterocycles. The molecule has 0 aromatic heterocycles. The summed E-state index contributed by atoms with van der Waals surface area (Å²) in [6.07, 6.45) is 1.34. The van der Waals surface area contributed by atoms with E-state index in [-0.39, 0.29) is 12.4 Å². The summed E-state index contributed by atoms with van der Waals surface area (Å²) in [5.41, 5.74) is 3.99. The van der Waals surface area contributed by atoms with Crippen LogP contribution in [0, 0.1) is 0 Å². The second kappa shape index (κ2) is 8.73. The van der Waals surface area contributed by atoms with Gasteiger partial charge >= 0.3 is 0 Å². The predicted molar refractivity (Wildman–Crippen MR) is 96.4 cm³/mol. The van der Waals surface area contributed by atoms with Crippen LogP contribution in [0.25, 0.3) is 0 Å². The zero-order valence-electron chi connectivity index (χ0n) is 14.5. The fraction of sp³-hybridized carbons (Fsp3) is 0.263. The number of carbonyl (C=O) groups excluding carboxylic acids is 1. The summed E-state index contributed by atoms with van der Waals surface area (Å²) in [6, 6.07) is 12.3. The topological polar surface area (TPSA) is 80.2 Å². The molecule has 2 aromatic carbocycles. The monoisotopic (exact) mass is 342 g/mol. The highest BCUT2D eigenvalue weighted by atomic mass is 16.5. The molecule has 25 heavy (non-hydrogen) atoms. The number of carbonyl (C=O) groups is 1. The lowest BCUT2D eigenvalue weighted by Gasteiger charge is -2.08. The number of methoxy groups -OCH3 is 1. The third-order valence-corrected chi connectivity index (χ3v) is 3.54. The lowest BCUT2D eigenvalue weighted by Crippen LogP contribution is -2.24. The fourth-order valence-electron chi connectivity index (χ4n) is 2.07. The summed E-state index contributed by atoms with van der Waals surface area (Å²) in [4.78, 5) is 11.8. The van der Waals surface area contributed by atoms with E-state index in [0.717, 1.165) is 0 Å². The Bertz CT molecular complexity index is 740. The molecule has 0 aliphatic rings. The third kappa shape index (κ3) is 5.53. The van der Waals surface area contributed by atoms with E-state index in [1.807, 2.05) is 24.3 Å². The third-order valence-electron chi connectivity index (χ3n) is 3.54. The minimum absolute atomic E-state index is 0.0419. The lowest BCUT2D eigenvalue weighted by atomic mass is 10.0. The summed E-state index contributed by atoms with van der Waals surface area (Å²) >= 11 is 0. The SMILES string of the molecule is COc1ccc(O)c(/C=N\NC(=O)COc2ccc(C(C)C)cc2)c1. The second-order valence-electron chi connectivity index (χ2n) is 5.73. The summed E-state index contributed by atoms with van der Waals surface area (Å²) < 4.78 is 10.5. The fourth-order valence-corrected chi connectivity index (χ4v) is 2.07. The Morgan fingerprint density at radius 2 is 1.88 bits per heavy atom. The molecule has 0 bridgehead atoms. The highest BCUT2D eigenvalue weighted by Crippen LogP contribution is 2.21. The van der Waals surface area contributed by atoms with Crippen molar-refractivity contribution in [2.45, 2.75) is 19.8 Å². The van der Waals surface area contributed by atoms with Crippen molar-refractivity contribution in [1.29, 1.82) is 0 Å². The number of ether oxygens (including phenoxy) is 2. The van der Waals surface area contributed by atoms with E-state index >= 15 is 0 Å². The Balaban J connectivity index is 1.84. The van der Waals surface area contributed by atoms with Crippen LogP contribution in [-0.2, 0) is 4.79 Å². The number of hydrogen-bond donors (Lipinski definition) is 2. The van der Waals surface area contributed by atoms with E-state index in [0.29, 0.717) is 23.0 Å². The van der Waals surface area contributed by atoms with Gasteiger partial charge in [-0.15, -0.1) is 0 Å². The smallest absolute Gasteiger partial charge is 0.277 e. The molecule has 2 aromatic rings. The van der Waals surface area contributed by atoms with Gasteiger partial charge in [-0.25, -0.2) is 5.43 Å². The van der Waals surface area contributed by atoms with Crippen molar-refractivity contribution in [1.82, 2.24) is 5.43 Å². The number of hydrogen-bond acceptors (Lipinski definition) is 5. The number of phenolic OH excluding ortho intramolecular Hbond substituents is 1. The molecule has 2 rings (SSSR count). The molecule has 0 aliphatic carbocycles. The summed E-state index contributed by atoms with van der Waals surface area (Å²) in [5.74, 6) is 1.29. The molecular formula is C19H22N2O4. The van der Waals surface area contributed by atoms with E-state index in [2.05, 4.69) is 24.4 Å². The predicted octanol–water partition coefficient (Wildman–Crippen LogP) is 3.05. The second-order valence-corrected chi connectivity index (χ2v) is 5.73. The molecule has 0 saturated heterocycles. The molecule has 0 atom stereocenters. The summed E-state index contributed by atoms with van der Waals surface area (Å²) in [5, 5.41) is 13.5. The van der Waals surface area contributed by atoms with E-state index in [4.69, 9.17) is 9.47 Å². The van der Waals surface area contributed by atoms with Crippen molar-refractivity contribution in [2.75, 3.05) is 13.7 Å². The number of phenols is 1. The van der Waals surface area contributed by atoms with Gasteiger partial charge in [0.2, 0.25) is 0 Å². The van der Waals surface area contributed by atoms with Gasteiger partial charge in [-0.3, -0.25) is 4.79 Å². The molecule has 0 heterocycles. The minimum Gasteiger partial charge on any atom is -0.507 e. The maximum atomic E-state index is 11.8. The Hall–Kier alpha value is -3.02. The molecule has 2 N–H and O–H groups in total. The van der Waals surface area contributed by atoms with Gasteiger partial charge in [-0.05, 0) is 41.8 Å². The van der Waals surface area contributed by atoms with Crippen molar-refractivity contribution < 1.29 is 19.4 Å². The number of nitrogens with zero attached hydrogens (tertiary/aromatic N) is 1. The van der Waals surface area contributed by atoms with Gasteiger partial charge in [0, 0.05) is 5.56 Å². The molecule has 0 unspecified atom stereocenters. The molecule has 6 heteroatoms. The average Bonchev–Trinajstić information content (AvgIpc) is 2.62. The van der Waals surface area contributed by atoms with Crippen LogP contribution in [0.15, 0.2) is 47.6 Å². The van der Waals surface area contributed by atoms with E-state index in [1.165, 1.54) is 25.0 Å². The normalized spacial score (nSPS) is 10.9. The van der Waals surface area contributed by atoms with E-state index < -0.39 is 5.91 Å². The Kier molecular flexibility index (Phi) is 6.39. The summed E-state index contributed by atoms with van der Waals surface area (Å²) in [7, 11) is 1.53. The molecule has 0 radical (unpaired) electrons. The lowest BCUT2D eigenvalue weighted by molar-refractivity contribution is -0.123. The van der Waals surface area contributed by atoms with Crippen LogP contribution in [0.3, 0.4) is 0 Å². The van der Waals surface area contributed by atoms with Gasteiger partial charge in [0.15, 0.2) is 6.61 Å². The van der Waals surface area contributed by atoms with Crippen molar-refractivity contribution in [2.24, 2.45) is 5.10 Å². The number of amides is 1. The maximum absolute atomic E-state index is 11.8. The van der Waals surface area contributed by atoms with Crippen molar-refractivity contribution in [3.05, 3.63) is 53.6 Å². The van der Waals surface area contributed by atoms with E-state index in [9.17, 15) is 9.90 Å². The number of rotatable bonds is 7. The van der Waals surface area contributed by atoms with Gasteiger partial charge in [-0.2, -0.15) is 5.10 Å². The zero-order chi connectivity index (χ0) is 18.2. The first-order valence-corrected chi connectivity index (χ1v) is 7.91. The Morgan fingerprint density at radius 1 is 1.20 bits per heavy atom. The van der Waals surface area contributed by atoms with Gasteiger partial charge in [-0.1, -0.05) is 26.0 Å². The van der Waals surface area contributed by atoms with Gasteiger partial charge < -0.3 is 14.6 Å². The molecule has 0 spiro atoms. The molecule has 1 amide bonds. The van der Waals surface area contributed by atoms with Gasteiger partial charge in [0.1, 0.15) is 17.2 Å². The van der Waals surface area contributed by atoms with Crippen LogP contribution in [0.5, 0.6) is 17.2 Å². The van der Waals surface area contributed by atoms with Crippen LogP contribution >= 0.6 is 0 Å². The largest absolute Gasteiger partial charge is 0.507 e. The number of nitrogens with one attached hydrogen (secondary N) is 1. The number of benzene rings is 2. The van der Waals surface area contributed by atoms with Crippen LogP contribution in [0.1, 0.15) is 30.9 Å². The molecule has 0 fully saturated rings. The van der Waals surface area contributed by atoms with Crippen molar-refractivity contribution in [3.63, 3.8) is 0 Å². The van der Waals surface area contributed by atoms with E-state index in [1.54, 1.807) is 12.1 Å². The highest BCUT2D eigenvalue weighted by molar-refractivity contribution is 5.85. The molecule has 6 nitrogen and oxygen atoms in total. The molecule has 0 saturated carbocycles. The van der Waals surface area contributed by atoms with Crippen LogP contribution < -0.4 is 14.9 Å². The standard InChI is InChI=1S/C19H22N2O4/c1-13(2)14-4-6-16(7-5-14)25-12-19(23)21-20-11-15-10-17(24-3)8-9-18(15)22/h4-11,13,22H,12H2,1-3H3,(H,21,23)/b20-11-. The Morgan fingerprint density at radius 3 is 2.52 bits per heavy atom. The Labute approximate surface area is 147 Å². The van der Waals surface area contributed by atoms with Crippen molar-refractivity contribution >= 4 is 12.1 Å². The molecular weight excluding hydrogens is 320 g/mol. The zero-order valence-corrected chi connectivity index (χ0v) is 14.5. The number of aromatic hydroxyl groups is 1. The van der Waals surface area contributed by atoms with Crippen molar-refractivity contribution in [3.8, 4) is 17.2 Å². The highest BCUT2D eigenvalue weighted by Gasteiger charge is 2.04. The van der Waals surface area contributed by atoms with Gasteiger partial charge in [0.25, 0.3) is 5.91 Å². The average molecular weight is 342 g/mol. The van der Waals surface area contributed by atoms with Gasteiger partial charge in [0.05, 0.1) is 13.3 Å². The van der Waals surface area contributed by atoms with Crippen LogP contribution in [-0.4, -0.2) is 30.9 Å². The quantitative estimate of drug-likeness (QED) is 0.599. The van der Waals surface area contributed by atoms with Crippen LogP contribution in [0.4, 0.5) is 0 Å². The molecule has 132 valence electrons. The minimum atomic E-state index is -0.397. The first kappa shape index (κ1) is 18.3. The summed E-state index contributed by atoms with van der Waals surface area (Å²) in [6.45, 7) is 4.07. The maximum Gasteiger partial charge on any atom is 0.277 e. The first-order valence-electron chi connectivity index (χ1n) is 7.91. The first-order chi connectivity index (χ1) is 12.0. The van der Waals surface area contributed by atoms with Crippen LogP contribution in [0.2, 0.25) is 0 Å². The number of hydrazone groups is 1.